The SMILES string of the molecule is Cc1cc(C)c2ccc3c(c2c1)C(C)(C)c1c(-c2ccc4ccccc4c2)ncnc1-3. The largest absolute Gasteiger partial charge is 0.236 e. The molecular weight excluding hydrogens is 376 g/mol. The maximum absolute atomic E-state index is 4.81. The topological polar surface area (TPSA) is 25.8 Å². The van der Waals surface area contributed by atoms with E-state index in [-0.39, 0.29) is 5.41 Å². The van der Waals surface area contributed by atoms with Crippen molar-refractivity contribution in [3.8, 4) is 22.5 Å². The van der Waals surface area contributed by atoms with Crippen LogP contribution in [0.15, 0.2) is 73.1 Å². The second kappa shape index (κ2) is 6.24. The van der Waals surface area contributed by atoms with Gasteiger partial charge in [-0.05, 0) is 52.6 Å². The van der Waals surface area contributed by atoms with Crippen LogP contribution < -0.4 is 0 Å². The van der Waals surface area contributed by atoms with Crippen molar-refractivity contribution in [3.05, 3.63) is 95.3 Å². The van der Waals surface area contributed by atoms with Crippen LogP contribution in [-0.2, 0) is 5.41 Å². The molecule has 1 aliphatic rings. The van der Waals surface area contributed by atoms with Gasteiger partial charge in [0.05, 0.1) is 11.4 Å². The number of benzene rings is 4. The molecule has 0 spiro atoms. The molecule has 0 N–H and O–H groups in total. The molecular formula is C29H24N2. The van der Waals surface area contributed by atoms with Crippen LogP contribution in [0.25, 0.3) is 44.1 Å². The van der Waals surface area contributed by atoms with E-state index in [1.165, 1.54) is 49.4 Å². The van der Waals surface area contributed by atoms with Gasteiger partial charge in [-0.15, -0.1) is 0 Å². The summed E-state index contributed by atoms with van der Waals surface area (Å²) < 4.78 is 0. The number of aromatic nitrogens is 2. The average molecular weight is 401 g/mol. The maximum Gasteiger partial charge on any atom is 0.116 e. The molecule has 0 atom stereocenters. The van der Waals surface area contributed by atoms with Crippen molar-refractivity contribution < 1.29 is 0 Å². The fraction of sp³-hybridized carbons (Fsp3) is 0.172. The second-order valence-electron chi connectivity index (χ2n) is 9.30. The number of nitrogens with zero attached hydrogens (tertiary/aromatic N) is 2. The molecule has 1 aliphatic carbocycles. The summed E-state index contributed by atoms with van der Waals surface area (Å²) in [4.78, 5) is 9.60. The standard InChI is InChI=1S/C29H24N2/c1-17-13-18(2)22-11-12-23-25(24(22)14-17)29(3,4)26-27(30-16-31-28(23)26)21-10-9-19-7-5-6-8-20(19)15-21/h5-16H,1-4H3. The zero-order valence-electron chi connectivity index (χ0n) is 18.3. The maximum atomic E-state index is 4.81. The van der Waals surface area contributed by atoms with Gasteiger partial charge in [-0.2, -0.15) is 0 Å². The highest BCUT2D eigenvalue weighted by molar-refractivity contribution is 6.00. The fourth-order valence-corrected chi connectivity index (χ4v) is 5.53. The Balaban J connectivity index is 1.66. The highest BCUT2D eigenvalue weighted by Gasteiger charge is 2.40. The van der Waals surface area contributed by atoms with Crippen LogP contribution in [-0.4, -0.2) is 9.97 Å². The van der Waals surface area contributed by atoms with Crippen LogP contribution in [0.1, 0.15) is 36.1 Å². The average Bonchev–Trinajstić information content (AvgIpc) is 3.01. The lowest BCUT2D eigenvalue weighted by atomic mass is 9.78. The number of hydrogen-bond donors (Lipinski definition) is 0. The third-order valence-corrected chi connectivity index (χ3v) is 6.86. The van der Waals surface area contributed by atoms with Crippen LogP contribution in [0.5, 0.6) is 0 Å². The molecule has 1 heterocycles. The van der Waals surface area contributed by atoms with E-state index in [1.807, 2.05) is 0 Å². The predicted molar refractivity (Wildman–Crippen MR) is 130 cm³/mol. The molecule has 0 amide bonds. The van der Waals surface area contributed by atoms with Crippen molar-refractivity contribution in [2.24, 2.45) is 0 Å². The Morgan fingerprint density at radius 1 is 0.677 bits per heavy atom. The Kier molecular flexibility index (Phi) is 3.68. The van der Waals surface area contributed by atoms with Crippen LogP contribution in [0, 0.1) is 13.8 Å². The van der Waals surface area contributed by atoms with Gasteiger partial charge >= 0.3 is 0 Å². The lowest BCUT2D eigenvalue weighted by Crippen LogP contribution is -2.17. The first kappa shape index (κ1) is 18.3. The van der Waals surface area contributed by atoms with Crippen molar-refractivity contribution in [2.75, 3.05) is 0 Å². The summed E-state index contributed by atoms with van der Waals surface area (Å²) in [5, 5.41) is 5.14. The quantitative estimate of drug-likeness (QED) is 0.293. The summed E-state index contributed by atoms with van der Waals surface area (Å²) in [6.45, 7) is 9.03. The molecule has 0 fully saturated rings. The Morgan fingerprint density at radius 2 is 1.45 bits per heavy atom. The Labute approximate surface area is 182 Å². The predicted octanol–water partition coefficient (Wildman–Crippen LogP) is 7.37. The van der Waals surface area contributed by atoms with E-state index in [0.29, 0.717) is 0 Å². The highest BCUT2D eigenvalue weighted by atomic mass is 14.9. The summed E-state index contributed by atoms with van der Waals surface area (Å²) >= 11 is 0. The van der Waals surface area contributed by atoms with Gasteiger partial charge in [-0.25, -0.2) is 9.97 Å². The third-order valence-electron chi connectivity index (χ3n) is 6.86. The zero-order chi connectivity index (χ0) is 21.3. The molecule has 0 saturated heterocycles. The molecule has 31 heavy (non-hydrogen) atoms. The van der Waals surface area contributed by atoms with E-state index in [0.717, 1.165) is 17.0 Å². The zero-order valence-corrected chi connectivity index (χ0v) is 18.3. The molecule has 0 radical (unpaired) electrons. The summed E-state index contributed by atoms with van der Waals surface area (Å²) in [5.74, 6) is 0. The van der Waals surface area contributed by atoms with Crippen molar-refractivity contribution in [1.29, 1.82) is 0 Å². The van der Waals surface area contributed by atoms with Gasteiger partial charge in [-0.1, -0.05) is 80.1 Å². The molecule has 2 heteroatoms. The van der Waals surface area contributed by atoms with E-state index in [2.05, 4.69) is 94.4 Å². The Bertz CT molecular complexity index is 1530. The first-order valence-corrected chi connectivity index (χ1v) is 10.8. The van der Waals surface area contributed by atoms with Gasteiger partial charge < -0.3 is 0 Å². The van der Waals surface area contributed by atoms with Gasteiger partial charge in [-0.3, -0.25) is 0 Å². The monoisotopic (exact) mass is 400 g/mol. The van der Waals surface area contributed by atoms with Gasteiger partial charge in [0, 0.05) is 22.1 Å². The lowest BCUT2D eigenvalue weighted by molar-refractivity contribution is 0.663. The van der Waals surface area contributed by atoms with E-state index in [1.54, 1.807) is 6.33 Å². The molecule has 150 valence electrons. The molecule has 1 aromatic heterocycles. The summed E-state index contributed by atoms with van der Waals surface area (Å²) in [5.41, 5.74) is 9.52. The molecule has 4 aromatic carbocycles. The van der Waals surface area contributed by atoms with E-state index >= 15 is 0 Å². The minimum Gasteiger partial charge on any atom is -0.236 e. The molecule has 0 aliphatic heterocycles. The Morgan fingerprint density at radius 3 is 2.29 bits per heavy atom. The number of aryl methyl sites for hydroxylation is 2. The number of rotatable bonds is 1. The number of fused-ring (bicyclic) bond motifs is 6. The fourth-order valence-electron chi connectivity index (χ4n) is 5.53. The third kappa shape index (κ3) is 2.51. The smallest absolute Gasteiger partial charge is 0.116 e. The van der Waals surface area contributed by atoms with E-state index in [4.69, 9.17) is 9.97 Å². The normalized spacial score (nSPS) is 14.1. The van der Waals surface area contributed by atoms with Crippen molar-refractivity contribution in [3.63, 3.8) is 0 Å². The van der Waals surface area contributed by atoms with Gasteiger partial charge in [0.15, 0.2) is 0 Å². The minimum atomic E-state index is -0.188. The van der Waals surface area contributed by atoms with Gasteiger partial charge in [0.2, 0.25) is 0 Å². The summed E-state index contributed by atoms with van der Waals surface area (Å²) in [6.07, 6.45) is 1.72. The van der Waals surface area contributed by atoms with Crippen LogP contribution in [0.2, 0.25) is 0 Å². The summed E-state index contributed by atoms with van der Waals surface area (Å²) in [7, 11) is 0. The van der Waals surface area contributed by atoms with Crippen LogP contribution in [0.3, 0.4) is 0 Å². The van der Waals surface area contributed by atoms with Crippen molar-refractivity contribution in [1.82, 2.24) is 9.97 Å². The number of hydrogen-bond acceptors (Lipinski definition) is 2. The molecule has 5 aromatic rings. The van der Waals surface area contributed by atoms with Gasteiger partial charge in [0.1, 0.15) is 6.33 Å². The van der Waals surface area contributed by atoms with Gasteiger partial charge in [0.25, 0.3) is 0 Å². The van der Waals surface area contributed by atoms with E-state index in [9.17, 15) is 0 Å². The lowest BCUT2D eigenvalue weighted by Gasteiger charge is -2.25. The second-order valence-corrected chi connectivity index (χ2v) is 9.30. The molecule has 2 nitrogen and oxygen atoms in total. The van der Waals surface area contributed by atoms with Crippen molar-refractivity contribution in [2.45, 2.75) is 33.1 Å². The molecule has 6 rings (SSSR count). The first-order valence-electron chi connectivity index (χ1n) is 10.8. The molecule has 0 unspecified atom stereocenters. The molecule has 0 bridgehead atoms. The first-order chi connectivity index (χ1) is 14.9. The van der Waals surface area contributed by atoms with Crippen LogP contribution in [0.4, 0.5) is 0 Å². The Hall–Kier alpha value is -3.52. The van der Waals surface area contributed by atoms with E-state index < -0.39 is 0 Å². The highest BCUT2D eigenvalue weighted by Crippen LogP contribution is 2.53. The minimum absolute atomic E-state index is 0.188. The summed E-state index contributed by atoms with van der Waals surface area (Å²) in [6, 6.07) is 24.2. The van der Waals surface area contributed by atoms with Crippen molar-refractivity contribution >= 4 is 21.5 Å². The van der Waals surface area contributed by atoms with Crippen LogP contribution >= 0.6 is 0 Å². The molecule has 0 saturated carbocycles.